The minimum atomic E-state index is -0.0863. The zero-order chi connectivity index (χ0) is 14.8. The standard InChI is InChI=1S/C18H18O4/c1-3-7-13(8-4-1)21-15-11-19-18-16(12-20-17(15)18)22-14-9-5-2-6-10-14/h1-10,15-18H,11-12H2. The van der Waals surface area contributed by atoms with Crippen molar-refractivity contribution in [2.24, 2.45) is 0 Å². The molecule has 2 aliphatic heterocycles. The van der Waals surface area contributed by atoms with E-state index in [1.807, 2.05) is 60.7 Å². The van der Waals surface area contributed by atoms with E-state index in [0.717, 1.165) is 11.5 Å². The molecule has 2 saturated heterocycles. The van der Waals surface area contributed by atoms with Gasteiger partial charge in [-0.2, -0.15) is 0 Å². The van der Waals surface area contributed by atoms with Crippen LogP contribution in [-0.2, 0) is 9.47 Å². The lowest BCUT2D eigenvalue weighted by Gasteiger charge is -2.18. The quantitative estimate of drug-likeness (QED) is 0.869. The van der Waals surface area contributed by atoms with Crippen molar-refractivity contribution < 1.29 is 18.9 Å². The first-order valence-corrected chi connectivity index (χ1v) is 7.57. The zero-order valence-electron chi connectivity index (χ0n) is 12.1. The van der Waals surface area contributed by atoms with Crippen LogP contribution in [0.1, 0.15) is 0 Å². The van der Waals surface area contributed by atoms with E-state index in [1.165, 1.54) is 0 Å². The fraction of sp³-hybridized carbons (Fsp3) is 0.333. The van der Waals surface area contributed by atoms with Gasteiger partial charge in [-0.05, 0) is 24.3 Å². The van der Waals surface area contributed by atoms with E-state index in [4.69, 9.17) is 18.9 Å². The smallest absolute Gasteiger partial charge is 0.151 e. The van der Waals surface area contributed by atoms with Crippen LogP contribution in [0.2, 0.25) is 0 Å². The molecule has 4 rings (SSSR count). The molecule has 0 N–H and O–H groups in total. The van der Waals surface area contributed by atoms with Gasteiger partial charge in [-0.3, -0.25) is 0 Å². The Morgan fingerprint density at radius 3 is 1.45 bits per heavy atom. The lowest BCUT2D eigenvalue weighted by molar-refractivity contribution is 0.0181. The lowest BCUT2D eigenvalue weighted by atomic mass is 10.1. The number of benzene rings is 2. The van der Waals surface area contributed by atoms with Gasteiger partial charge in [0, 0.05) is 0 Å². The van der Waals surface area contributed by atoms with E-state index in [0.29, 0.717) is 13.2 Å². The molecular weight excluding hydrogens is 280 g/mol. The van der Waals surface area contributed by atoms with Crippen LogP contribution < -0.4 is 9.47 Å². The maximum absolute atomic E-state index is 5.98. The summed E-state index contributed by atoms with van der Waals surface area (Å²) in [7, 11) is 0. The molecule has 0 radical (unpaired) electrons. The van der Waals surface area contributed by atoms with Gasteiger partial charge in [-0.25, -0.2) is 0 Å². The minimum Gasteiger partial charge on any atom is -0.485 e. The Bertz CT molecular complexity index is 545. The van der Waals surface area contributed by atoms with E-state index in [9.17, 15) is 0 Å². The predicted molar refractivity (Wildman–Crippen MR) is 81.2 cm³/mol. The first-order valence-electron chi connectivity index (χ1n) is 7.57. The molecule has 2 aliphatic rings. The molecule has 114 valence electrons. The molecule has 0 aliphatic carbocycles. The Balaban J connectivity index is 1.41. The molecule has 22 heavy (non-hydrogen) atoms. The summed E-state index contributed by atoms with van der Waals surface area (Å²) in [6.45, 7) is 1.05. The van der Waals surface area contributed by atoms with Gasteiger partial charge < -0.3 is 18.9 Å². The zero-order valence-corrected chi connectivity index (χ0v) is 12.1. The Labute approximate surface area is 129 Å². The second-order valence-corrected chi connectivity index (χ2v) is 5.53. The summed E-state index contributed by atoms with van der Waals surface area (Å²) in [5.74, 6) is 1.68. The first kappa shape index (κ1) is 13.6. The fourth-order valence-corrected chi connectivity index (χ4v) is 2.98. The van der Waals surface area contributed by atoms with Crippen molar-refractivity contribution in [3.63, 3.8) is 0 Å². The Hall–Kier alpha value is -2.04. The summed E-state index contributed by atoms with van der Waals surface area (Å²) in [6.07, 6.45) is -0.323. The van der Waals surface area contributed by atoms with Crippen LogP contribution in [0.15, 0.2) is 60.7 Å². The molecule has 4 atom stereocenters. The lowest BCUT2D eigenvalue weighted by Crippen LogP contribution is -2.36. The SMILES string of the molecule is c1ccc(OC2COC3C(Oc4ccccc4)COC23)cc1. The van der Waals surface area contributed by atoms with E-state index in [-0.39, 0.29) is 24.4 Å². The average molecular weight is 298 g/mol. The second kappa shape index (κ2) is 5.99. The van der Waals surface area contributed by atoms with Crippen LogP contribution in [0.5, 0.6) is 11.5 Å². The van der Waals surface area contributed by atoms with Gasteiger partial charge >= 0.3 is 0 Å². The van der Waals surface area contributed by atoms with Crippen LogP contribution in [0.3, 0.4) is 0 Å². The topological polar surface area (TPSA) is 36.9 Å². The van der Waals surface area contributed by atoms with Crippen molar-refractivity contribution in [2.45, 2.75) is 24.4 Å². The molecule has 4 heteroatoms. The van der Waals surface area contributed by atoms with Crippen molar-refractivity contribution in [2.75, 3.05) is 13.2 Å². The van der Waals surface area contributed by atoms with Crippen molar-refractivity contribution in [1.29, 1.82) is 0 Å². The largest absolute Gasteiger partial charge is 0.485 e. The number of fused-ring (bicyclic) bond motifs is 1. The van der Waals surface area contributed by atoms with Gasteiger partial charge in [-0.1, -0.05) is 36.4 Å². The predicted octanol–water partition coefficient (Wildman–Crippen LogP) is 2.68. The monoisotopic (exact) mass is 298 g/mol. The molecule has 0 amide bonds. The van der Waals surface area contributed by atoms with E-state index < -0.39 is 0 Å². The number of para-hydroxylation sites is 2. The average Bonchev–Trinajstić information content (AvgIpc) is 3.14. The Morgan fingerprint density at radius 2 is 1.05 bits per heavy atom. The molecule has 0 spiro atoms. The normalized spacial score (nSPS) is 30.0. The molecule has 2 aromatic carbocycles. The highest BCUT2D eigenvalue weighted by atomic mass is 16.6. The molecule has 2 fully saturated rings. The third-order valence-corrected chi connectivity index (χ3v) is 4.02. The first-order chi connectivity index (χ1) is 10.9. The third kappa shape index (κ3) is 2.67. The van der Waals surface area contributed by atoms with Crippen LogP contribution >= 0.6 is 0 Å². The number of rotatable bonds is 4. The Morgan fingerprint density at radius 1 is 0.636 bits per heavy atom. The molecule has 0 aromatic heterocycles. The van der Waals surface area contributed by atoms with Crippen LogP contribution in [0.4, 0.5) is 0 Å². The maximum atomic E-state index is 5.98. The van der Waals surface area contributed by atoms with Gasteiger partial charge in [0.05, 0.1) is 13.2 Å². The number of ether oxygens (including phenoxy) is 4. The minimum absolute atomic E-state index is 0.0751. The number of hydrogen-bond acceptors (Lipinski definition) is 4. The van der Waals surface area contributed by atoms with Crippen LogP contribution in [0, 0.1) is 0 Å². The molecule has 4 unspecified atom stereocenters. The molecule has 4 nitrogen and oxygen atoms in total. The number of hydrogen-bond donors (Lipinski definition) is 0. The summed E-state index contributed by atoms with van der Waals surface area (Å²) in [5, 5.41) is 0. The summed E-state index contributed by atoms with van der Waals surface area (Å²) >= 11 is 0. The molecule has 0 saturated carbocycles. The summed E-state index contributed by atoms with van der Waals surface area (Å²) < 4.78 is 23.7. The molecular formula is C18H18O4. The summed E-state index contributed by atoms with van der Waals surface area (Å²) in [5.41, 5.74) is 0. The fourth-order valence-electron chi connectivity index (χ4n) is 2.98. The molecule has 0 bridgehead atoms. The van der Waals surface area contributed by atoms with Crippen molar-refractivity contribution in [3.8, 4) is 11.5 Å². The van der Waals surface area contributed by atoms with Gasteiger partial charge in [0.2, 0.25) is 0 Å². The second-order valence-electron chi connectivity index (χ2n) is 5.53. The third-order valence-electron chi connectivity index (χ3n) is 4.02. The maximum Gasteiger partial charge on any atom is 0.151 e. The van der Waals surface area contributed by atoms with Gasteiger partial charge in [0.15, 0.2) is 12.2 Å². The highest BCUT2D eigenvalue weighted by Gasteiger charge is 2.50. The Kier molecular flexibility index (Phi) is 3.70. The van der Waals surface area contributed by atoms with E-state index in [2.05, 4.69) is 0 Å². The van der Waals surface area contributed by atoms with Crippen LogP contribution in [0.25, 0.3) is 0 Å². The summed E-state index contributed by atoms with van der Waals surface area (Å²) in [6, 6.07) is 19.5. The van der Waals surface area contributed by atoms with Crippen molar-refractivity contribution in [3.05, 3.63) is 60.7 Å². The van der Waals surface area contributed by atoms with Gasteiger partial charge in [0.1, 0.15) is 23.7 Å². The summed E-state index contributed by atoms with van der Waals surface area (Å²) in [4.78, 5) is 0. The molecule has 2 aromatic rings. The highest BCUT2D eigenvalue weighted by Crippen LogP contribution is 2.32. The van der Waals surface area contributed by atoms with Crippen molar-refractivity contribution in [1.82, 2.24) is 0 Å². The van der Waals surface area contributed by atoms with Crippen LogP contribution in [-0.4, -0.2) is 37.6 Å². The van der Waals surface area contributed by atoms with E-state index >= 15 is 0 Å². The molecule has 2 heterocycles. The highest BCUT2D eigenvalue weighted by molar-refractivity contribution is 5.23. The van der Waals surface area contributed by atoms with Gasteiger partial charge in [-0.15, -0.1) is 0 Å². The van der Waals surface area contributed by atoms with E-state index in [1.54, 1.807) is 0 Å². The van der Waals surface area contributed by atoms with Gasteiger partial charge in [0.25, 0.3) is 0 Å². The van der Waals surface area contributed by atoms with Crippen molar-refractivity contribution >= 4 is 0 Å².